The van der Waals surface area contributed by atoms with Gasteiger partial charge in [0, 0.05) is 12.5 Å². The van der Waals surface area contributed by atoms with Crippen molar-refractivity contribution in [2.75, 3.05) is 6.54 Å². The fourth-order valence-corrected chi connectivity index (χ4v) is 1.37. The fraction of sp³-hybridized carbons (Fsp3) is 1.00. The molecule has 1 aliphatic carbocycles. The Labute approximate surface area is 76.7 Å². The van der Waals surface area contributed by atoms with Crippen LogP contribution in [0.1, 0.15) is 38.5 Å². The quantitative estimate of drug-likeness (QED) is 0.665. The minimum atomic E-state index is -3.98. The maximum atomic E-state index is 11.7. The molecule has 1 N–H and O–H groups in total. The molecule has 0 aromatic rings. The summed E-state index contributed by atoms with van der Waals surface area (Å²) in [5.41, 5.74) is 0. The van der Waals surface area contributed by atoms with Crippen molar-refractivity contribution in [1.29, 1.82) is 0 Å². The molecule has 0 aromatic heterocycles. The zero-order valence-corrected chi connectivity index (χ0v) is 7.66. The second-order valence-corrected chi connectivity index (χ2v) is 3.65. The molecule has 78 valence electrons. The van der Waals surface area contributed by atoms with Crippen molar-refractivity contribution in [2.24, 2.45) is 0 Å². The molecular formula is C9H16F3N. The Bertz CT molecular complexity index is 140. The smallest absolute Gasteiger partial charge is 0.314 e. The SMILES string of the molecule is FC(F)(F)CCCCNC1CCC1. The van der Waals surface area contributed by atoms with Crippen molar-refractivity contribution in [3.63, 3.8) is 0 Å². The van der Waals surface area contributed by atoms with Crippen LogP contribution in [0.5, 0.6) is 0 Å². The van der Waals surface area contributed by atoms with E-state index in [1.54, 1.807) is 0 Å². The van der Waals surface area contributed by atoms with E-state index in [0.29, 0.717) is 12.5 Å². The molecule has 0 spiro atoms. The van der Waals surface area contributed by atoms with Crippen molar-refractivity contribution in [1.82, 2.24) is 5.32 Å². The molecule has 4 heteroatoms. The van der Waals surface area contributed by atoms with Gasteiger partial charge in [-0.1, -0.05) is 6.42 Å². The van der Waals surface area contributed by atoms with Gasteiger partial charge in [-0.25, -0.2) is 0 Å². The Morgan fingerprint density at radius 3 is 2.31 bits per heavy atom. The number of rotatable bonds is 5. The maximum absolute atomic E-state index is 11.7. The lowest BCUT2D eigenvalue weighted by molar-refractivity contribution is -0.135. The fourth-order valence-electron chi connectivity index (χ4n) is 1.37. The van der Waals surface area contributed by atoms with Crippen LogP contribution in [0.2, 0.25) is 0 Å². The van der Waals surface area contributed by atoms with Gasteiger partial charge >= 0.3 is 6.18 Å². The summed E-state index contributed by atoms with van der Waals surface area (Å²) in [6, 6.07) is 0.589. The standard InChI is InChI=1S/C9H16F3N/c10-9(11,12)6-1-2-7-13-8-4-3-5-8/h8,13H,1-7H2. The largest absolute Gasteiger partial charge is 0.389 e. The summed E-state index contributed by atoms with van der Waals surface area (Å²) in [4.78, 5) is 0. The van der Waals surface area contributed by atoms with Crippen molar-refractivity contribution >= 4 is 0 Å². The van der Waals surface area contributed by atoms with Crippen molar-refractivity contribution in [3.05, 3.63) is 0 Å². The molecule has 1 nitrogen and oxygen atoms in total. The molecule has 1 fully saturated rings. The monoisotopic (exact) mass is 195 g/mol. The Morgan fingerprint density at radius 2 is 1.85 bits per heavy atom. The van der Waals surface area contributed by atoms with Gasteiger partial charge in [-0.3, -0.25) is 0 Å². The zero-order valence-electron chi connectivity index (χ0n) is 7.66. The van der Waals surface area contributed by atoms with Gasteiger partial charge in [-0.2, -0.15) is 13.2 Å². The van der Waals surface area contributed by atoms with E-state index in [4.69, 9.17) is 0 Å². The maximum Gasteiger partial charge on any atom is 0.389 e. The number of nitrogens with one attached hydrogen (secondary N) is 1. The molecular weight excluding hydrogens is 179 g/mol. The van der Waals surface area contributed by atoms with Gasteiger partial charge in [0.1, 0.15) is 0 Å². The van der Waals surface area contributed by atoms with Gasteiger partial charge in [0.2, 0.25) is 0 Å². The van der Waals surface area contributed by atoms with E-state index in [1.165, 1.54) is 19.3 Å². The Kier molecular flexibility index (Phi) is 4.03. The highest BCUT2D eigenvalue weighted by Crippen LogP contribution is 2.22. The molecule has 1 rings (SSSR count). The lowest BCUT2D eigenvalue weighted by atomic mass is 9.93. The first-order chi connectivity index (χ1) is 6.08. The topological polar surface area (TPSA) is 12.0 Å². The zero-order chi connectivity index (χ0) is 9.73. The molecule has 0 saturated heterocycles. The number of hydrogen-bond donors (Lipinski definition) is 1. The highest BCUT2D eigenvalue weighted by atomic mass is 19.4. The Hall–Kier alpha value is -0.250. The average molecular weight is 195 g/mol. The van der Waals surface area contributed by atoms with Crippen LogP contribution >= 0.6 is 0 Å². The first-order valence-corrected chi connectivity index (χ1v) is 4.88. The minimum Gasteiger partial charge on any atom is -0.314 e. The molecule has 0 atom stereocenters. The van der Waals surface area contributed by atoms with Crippen molar-refractivity contribution < 1.29 is 13.2 Å². The van der Waals surface area contributed by atoms with Gasteiger partial charge in [0.05, 0.1) is 0 Å². The first-order valence-electron chi connectivity index (χ1n) is 4.88. The molecule has 0 heterocycles. The van der Waals surface area contributed by atoms with Gasteiger partial charge < -0.3 is 5.32 Å². The average Bonchev–Trinajstić information content (AvgIpc) is 1.90. The minimum absolute atomic E-state index is 0.253. The summed E-state index contributed by atoms with van der Waals surface area (Å²) >= 11 is 0. The Balaban J connectivity index is 1.83. The summed E-state index contributed by atoms with van der Waals surface area (Å²) < 4.78 is 35.1. The molecule has 0 radical (unpaired) electrons. The Morgan fingerprint density at radius 1 is 1.15 bits per heavy atom. The van der Waals surface area contributed by atoms with Crippen LogP contribution in [0, 0.1) is 0 Å². The normalized spacial score (nSPS) is 18.7. The lowest BCUT2D eigenvalue weighted by Crippen LogP contribution is -2.35. The summed E-state index contributed by atoms with van der Waals surface area (Å²) in [6.07, 6.45) is -0.0756. The second-order valence-electron chi connectivity index (χ2n) is 3.65. The predicted molar refractivity (Wildman–Crippen MR) is 45.5 cm³/mol. The van der Waals surface area contributed by atoms with Crippen LogP contribution < -0.4 is 5.32 Å². The van der Waals surface area contributed by atoms with Crippen LogP contribution in [0.4, 0.5) is 13.2 Å². The highest BCUT2D eigenvalue weighted by Gasteiger charge is 2.25. The van der Waals surface area contributed by atoms with Gasteiger partial charge in [-0.05, 0) is 32.2 Å². The summed E-state index contributed by atoms with van der Waals surface area (Å²) in [7, 11) is 0. The van der Waals surface area contributed by atoms with Gasteiger partial charge in [0.25, 0.3) is 0 Å². The third-order valence-corrected chi connectivity index (χ3v) is 2.43. The molecule has 0 unspecified atom stereocenters. The van der Waals surface area contributed by atoms with Gasteiger partial charge in [0.15, 0.2) is 0 Å². The predicted octanol–water partition coefficient (Wildman–Crippen LogP) is 2.86. The van der Waals surface area contributed by atoms with Crippen LogP contribution in [-0.4, -0.2) is 18.8 Å². The van der Waals surface area contributed by atoms with Crippen LogP contribution in [0.25, 0.3) is 0 Å². The molecule has 0 amide bonds. The highest BCUT2D eigenvalue weighted by molar-refractivity contribution is 4.75. The van der Waals surface area contributed by atoms with Gasteiger partial charge in [-0.15, -0.1) is 0 Å². The summed E-state index contributed by atoms with van der Waals surface area (Å²) in [5, 5.41) is 3.24. The van der Waals surface area contributed by atoms with Crippen molar-refractivity contribution in [2.45, 2.75) is 50.7 Å². The lowest BCUT2D eigenvalue weighted by Gasteiger charge is -2.26. The molecule has 13 heavy (non-hydrogen) atoms. The van der Waals surface area contributed by atoms with E-state index < -0.39 is 12.6 Å². The molecule has 1 saturated carbocycles. The van der Waals surface area contributed by atoms with Crippen molar-refractivity contribution in [3.8, 4) is 0 Å². The third kappa shape index (κ3) is 5.13. The van der Waals surface area contributed by atoms with E-state index in [1.807, 2.05) is 0 Å². The van der Waals surface area contributed by atoms with Crippen LogP contribution in [0.3, 0.4) is 0 Å². The van der Waals surface area contributed by atoms with E-state index in [-0.39, 0.29) is 6.42 Å². The number of alkyl halides is 3. The molecule has 0 bridgehead atoms. The number of halogens is 3. The number of hydrogen-bond acceptors (Lipinski definition) is 1. The third-order valence-electron chi connectivity index (χ3n) is 2.43. The second kappa shape index (κ2) is 4.84. The van der Waals surface area contributed by atoms with E-state index in [9.17, 15) is 13.2 Å². The van der Waals surface area contributed by atoms with E-state index in [0.717, 1.165) is 6.54 Å². The number of unbranched alkanes of at least 4 members (excludes halogenated alkanes) is 1. The van der Waals surface area contributed by atoms with Crippen LogP contribution in [0.15, 0.2) is 0 Å². The summed E-state index contributed by atoms with van der Waals surface area (Å²) in [6.45, 7) is 0.737. The molecule has 0 aromatic carbocycles. The molecule has 0 aliphatic heterocycles. The summed E-state index contributed by atoms with van der Waals surface area (Å²) in [5.74, 6) is 0. The van der Waals surface area contributed by atoms with E-state index in [2.05, 4.69) is 5.32 Å². The van der Waals surface area contributed by atoms with Crippen LogP contribution in [-0.2, 0) is 0 Å². The molecule has 1 aliphatic rings. The van der Waals surface area contributed by atoms with E-state index >= 15 is 0 Å². The first kappa shape index (κ1) is 10.8.